The van der Waals surface area contributed by atoms with Crippen LogP contribution in [0.2, 0.25) is 0 Å². The molecule has 86 valence electrons. The fourth-order valence-corrected chi connectivity index (χ4v) is 1.19. The fraction of sp³-hybridized carbons (Fsp3) is 0.308. The monoisotopic (exact) mass is 218 g/mol. The number of rotatable bonds is 5. The zero-order valence-corrected chi connectivity index (χ0v) is 9.79. The molecule has 0 spiro atoms. The van der Waals surface area contributed by atoms with Gasteiger partial charge in [-0.3, -0.25) is 4.79 Å². The van der Waals surface area contributed by atoms with Crippen LogP contribution in [0.4, 0.5) is 5.69 Å². The lowest BCUT2D eigenvalue weighted by atomic mass is 10.3. The molecule has 1 aromatic rings. The first-order valence-corrected chi connectivity index (χ1v) is 5.37. The van der Waals surface area contributed by atoms with Crippen molar-refractivity contribution in [1.29, 1.82) is 0 Å². The Balaban J connectivity index is 2.24. The summed E-state index contributed by atoms with van der Waals surface area (Å²) in [7, 11) is 0. The number of carbonyl (C=O) groups excluding carboxylic acids is 1. The van der Waals surface area contributed by atoms with Gasteiger partial charge in [0.1, 0.15) is 0 Å². The van der Waals surface area contributed by atoms with Gasteiger partial charge in [-0.1, -0.05) is 29.8 Å². The zero-order chi connectivity index (χ0) is 11.8. The van der Waals surface area contributed by atoms with E-state index in [-0.39, 0.29) is 5.91 Å². The SMILES string of the molecule is CC(C)=CCNCC(=O)Nc1ccccc1. The van der Waals surface area contributed by atoms with Crippen LogP contribution >= 0.6 is 0 Å². The first kappa shape index (κ1) is 12.5. The first-order chi connectivity index (χ1) is 7.68. The molecule has 0 radical (unpaired) electrons. The van der Waals surface area contributed by atoms with Crippen molar-refractivity contribution in [3.8, 4) is 0 Å². The highest BCUT2D eigenvalue weighted by atomic mass is 16.1. The van der Waals surface area contributed by atoms with Crippen molar-refractivity contribution < 1.29 is 4.79 Å². The fourth-order valence-electron chi connectivity index (χ4n) is 1.19. The summed E-state index contributed by atoms with van der Waals surface area (Å²) in [6.45, 7) is 5.13. The van der Waals surface area contributed by atoms with Crippen molar-refractivity contribution in [1.82, 2.24) is 5.32 Å². The van der Waals surface area contributed by atoms with Crippen molar-refractivity contribution in [2.24, 2.45) is 0 Å². The van der Waals surface area contributed by atoms with Gasteiger partial charge in [-0.05, 0) is 26.0 Å². The number of carbonyl (C=O) groups is 1. The number of benzene rings is 1. The predicted octanol–water partition coefficient (Wildman–Crippen LogP) is 2.18. The lowest BCUT2D eigenvalue weighted by Gasteiger charge is -2.05. The molecule has 0 saturated heterocycles. The number of nitrogens with one attached hydrogen (secondary N) is 2. The second-order valence-corrected chi connectivity index (χ2v) is 3.83. The summed E-state index contributed by atoms with van der Waals surface area (Å²) in [5, 5.41) is 5.86. The van der Waals surface area contributed by atoms with Gasteiger partial charge in [0.2, 0.25) is 5.91 Å². The van der Waals surface area contributed by atoms with Crippen molar-refractivity contribution in [3.05, 3.63) is 42.0 Å². The number of anilines is 1. The smallest absolute Gasteiger partial charge is 0.238 e. The van der Waals surface area contributed by atoms with Gasteiger partial charge in [-0.2, -0.15) is 0 Å². The summed E-state index contributed by atoms with van der Waals surface area (Å²) >= 11 is 0. The third-order valence-electron chi connectivity index (χ3n) is 2.00. The topological polar surface area (TPSA) is 41.1 Å². The summed E-state index contributed by atoms with van der Waals surface area (Å²) in [4.78, 5) is 11.5. The van der Waals surface area contributed by atoms with E-state index in [1.165, 1.54) is 5.57 Å². The molecule has 0 unspecified atom stereocenters. The molecule has 0 aliphatic heterocycles. The van der Waals surface area contributed by atoms with E-state index in [1.807, 2.05) is 44.2 Å². The molecule has 0 heterocycles. The van der Waals surface area contributed by atoms with Crippen molar-refractivity contribution in [2.45, 2.75) is 13.8 Å². The van der Waals surface area contributed by atoms with E-state index in [0.29, 0.717) is 6.54 Å². The Morgan fingerprint density at radius 2 is 1.94 bits per heavy atom. The van der Waals surface area contributed by atoms with Crippen LogP contribution in [0.1, 0.15) is 13.8 Å². The van der Waals surface area contributed by atoms with Crippen LogP contribution in [0.25, 0.3) is 0 Å². The van der Waals surface area contributed by atoms with Crippen molar-refractivity contribution in [2.75, 3.05) is 18.4 Å². The molecular weight excluding hydrogens is 200 g/mol. The van der Waals surface area contributed by atoms with E-state index in [4.69, 9.17) is 0 Å². The average molecular weight is 218 g/mol. The minimum atomic E-state index is -0.0200. The Hall–Kier alpha value is -1.61. The maximum Gasteiger partial charge on any atom is 0.238 e. The van der Waals surface area contributed by atoms with E-state index < -0.39 is 0 Å². The molecule has 0 saturated carbocycles. The molecule has 0 aromatic heterocycles. The Kier molecular flexibility index (Phi) is 5.29. The predicted molar refractivity (Wildman–Crippen MR) is 67.4 cm³/mol. The molecule has 1 amide bonds. The number of hydrogen-bond acceptors (Lipinski definition) is 2. The third kappa shape index (κ3) is 5.32. The molecule has 0 aliphatic carbocycles. The zero-order valence-electron chi connectivity index (χ0n) is 9.79. The van der Waals surface area contributed by atoms with Crippen LogP contribution in [-0.4, -0.2) is 19.0 Å². The lowest BCUT2D eigenvalue weighted by molar-refractivity contribution is -0.115. The molecule has 0 aliphatic rings. The van der Waals surface area contributed by atoms with Gasteiger partial charge in [0.15, 0.2) is 0 Å². The second kappa shape index (κ2) is 6.80. The molecule has 2 N–H and O–H groups in total. The Bertz CT molecular complexity index is 353. The number of amides is 1. The maximum absolute atomic E-state index is 11.5. The summed E-state index contributed by atoms with van der Waals surface area (Å²) in [6, 6.07) is 9.45. The molecule has 1 aromatic carbocycles. The van der Waals surface area contributed by atoms with Gasteiger partial charge in [-0.15, -0.1) is 0 Å². The summed E-state index contributed by atoms with van der Waals surface area (Å²) < 4.78 is 0. The highest BCUT2D eigenvalue weighted by molar-refractivity contribution is 5.92. The average Bonchev–Trinajstić information content (AvgIpc) is 2.25. The molecule has 3 nitrogen and oxygen atoms in total. The van der Waals surface area contributed by atoms with E-state index in [1.54, 1.807) is 0 Å². The Labute approximate surface area is 96.6 Å². The molecule has 16 heavy (non-hydrogen) atoms. The largest absolute Gasteiger partial charge is 0.325 e. The number of hydrogen-bond donors (Lipinski definition) is 2. The van der Waals surface area contributed by atoms with Crippen LogP contribution in [0.3, 0.4) is 0 Å². The molecule has 0 bridgehead atoms. The van der Waals surface area contributed by atoms with Crippen molar-refractivity contribution in [3.63, 3.8) is 0 Å². The summed E-state index contributed by atoms with van der Waals surface area (Å²) in [5.41, 5.74) is 2.08. The van der Waals surface area contributed by atoms with E-state index in [0.717, 1.165) is 12.2 Å². The van der Waals surface area contributed by atoms with E-state index in [2.05, 4.69) is 16.7 Å². The van der Waals surface area contributed by atoms with Gasteiger partial charge >= 0.3 is 0 Å². The van der Waals surface area contributed by atoms with Crippen LogP contribution in [0.15, 0.2) is 42.0 Å². The minimum absolute atomic E-state index is 0.0200. The molecule has 0 atom stereocenters. The second-order valence-electron chi connectivity index (χ2n) is 3.83. The molecule has 3 heteroatoms. The Morgan fingerprint density at radius 1 is 1.25 bits per heavy atom. The normalized spacial score (nSPS) is 9.62. The van der Waals surface area contributed by atoms with Crippen molar-refractivity contribution >= 4 is 11.6 Å². The van der Waals surface area contributed by atoms with Gasteiger partial charge < -0.3 is 10.6 Å². The maximum atomic E-state index is 11.5. The highest BCUT2D eigenvalue weighted by Crippen LogP contribution is 2.03. The van der Waals surface area contributed by atoms with Gasteiger partial charge in [0, 0.05) is 12.2 Å². The standard InChI is InChI=1S/C13H18N2O/c1-11(2)8-9-14-10-13(16)15-12-6-4-3-5-7-12/h3-8,14H,9-10H2,1-2H3,(H,15,16). The Morgan fingerprint density at radius 3 is 2.56 bits per heavy atom. The number of allylic oxidation sites excluding steroid dienone is 1. The highest BCUT2D eigenvalue weighted by Gasteiger charge is 1.99. The minimum Gasteiger partial charge on any atom is -0.325 e. The molecular formula is C13H18N2O. The van der Waals surface area contributed by atoms with Crippen LogP contribution in [-0.2, 0) is 4.79 Å². The van der Waals surface area contributed by atoms with Crippen LogP contribution < -0.4 is 10.6 Å². The van der Waals surface area contributed by atoms with Gasteiger partial charge in [0.25, 0.3) is 0 Å². The van der Waals surface area contributed by atoms with Gasteiger partial charge in [-0.25, -0.2) is 0 Å². The third-order valence-corrected chi connectivity index (χ3v) is 2.00. The molecule has 1 rings (SSSR count). The summed E-state index contributed by atoms with van der Waals surface area (Å²) in [6.07, 6.45) is 2.05. The van der Waals surface area contributed by atoms with Crippen LogP contribution in [0, 0.1) is 0 Å². The summed E-state index contributed by atoms with van der Waals surface area (Å²) in [5.74, 6) is -0.0200. The van der Waals surface area contributed by atoms with Gasteiger partial charge in [0.05, 0.1) is 6.54 Å². The first-order valence-electron chi connectivity index (χ1n) is 5.37. The molecule has 0 fully saturated rings. The van der Waals surface area contributed by atoms with Crippen LogP contribution in [0.5, 0.6) is 0 Å². The van der Waals surface area contributed by atoms with E-state index >= 15 is 0 Å². The quantitative estimate of drug-likeness (QED) is 0.587. The number of para-hydroxylation sites is 1. The lowest BCUT2D eigenvalue weighted by Crippen LogP contribution is -2.28. The van der Waals surface area contributed by atoms with E-state index in [9.17, 15) is 4.79 Å².